The number of nitrogens with zero attached hydrogens (tertiary/aromatic N) is 1. The third kappa shape index (κ3) is 2.36. The number of aromatic nitrogens is 1. The Bertz CT molecular complexity index is 725. The zero-order valence-corrected chi connectivity index (χ0v) is 12.7. The van der Waals surface area contributed by atoms with Crippen LogP contribution in [0.25, 0.3) is 10.9 Å². The molecule has 2 aromatic rings. The van der Waals surface area contributed by atoms with E-state index in [1.165, 1.54) is 28.4 Å². The predicted octanol–water partition coefficient (Wildman–Crippen LogP) is 2.62. The molecular weight excluding hydrogens is 272 g/mol. The first-order chi connectivity index (χ1) is 9.47. The van der Waals surface area contributed by atoms with Gasteiger partial charge in [0.15, 0.2) is 0 Å². The van der Waals surface area contributed by atoms with Crippen LogP contribution in [0.4, 0.5) is 0 Å². The normalized spacial score (nSPS) is 18.7. The van der Waals surface area contributed by atoms with E-state index in [0.717, 1.165) is 12.8 Å². The summed E-state index contributed by atoms with van der Waals surface area (Å²) in [5.41, 5.74) is 3.75. The van der Waals surface area contributed by atoms with E-state index in [1.54, 1.807) is 4.31 Å². The smallest absolute Gasteiger partial charge is 0.211 e. The first kappa shape index (κ1) is 13.6. The minimum atomic E-state index is -3.05. The number of sulfonamides is 1. The molecule has 1 aliphatic rings. The maximum Gasteiger partial charge on any atom is 0.211 e. The molecule has 0 saturated carbocycles. The van der Waals surface area contributed by atoms with Crippen LogP contribution in [0.15, 0.2) is 24.3 Å². The second-order valence-corrected chi connectivity index (χ2v) is 7.63. The number of hydrogen-bond donors (Lipinski definition) is 1. The summed E-state index contributed by atoms with van der Waals surface area (Å²) < 4.78 is 24.7. The number of H-pyrrole nitrogens is 1. The number of aromatic amines is 1. The van der Waals surface area contributed by atoms with Gasteiger partial charge in [0.05, 0.1) is 6.26 Å². The first-order valence-corrected chi connectivity index (χ1v) is 8.84. The van der Waals surface area contributed by atoms with Crippen molar-refractivity contribution < 1.29 is 8.42 Å². The number of para-hydroxylation sites is 1. The van der Waals surface area contributed by atoms with Crippen LogP contribution in [-0.4, -0.2) is 37.1 Å². The zero-order chi connectivity index (χ0) is 14.3. The van der Waals surface area contributed by atoms with E-state index in [0.29, 0.717) is 19.0 Å². The average Bonchev–Trinajstić information content (AvgIpc) is 2.73. The van der Waals surface area contributed by atoms with Crippen molar-refractivity contribution in [3.63, 3.8) is 0 Å². The first-order valence-electron chi connectivity index (χ1n) is 6.99. The van der Waals surface area contributed by atoms with Crippen molar-refractivity contribution in [3.8, 4) is 0 Å². The number of nitrogens with one attached hydrogen (secondary N) is 1. The summed E-state index contributed by atoms with van der Waals surface area (Å²) in [6, 6.07) is 8.34. The number of hydrogen-bond acceptors (Lipinski definition) is 2. The Hall–Kier alpha value is -1.33. The van der Waals surface area contributed by atoms with Crippen molar-refractivity contribution in [1.82, 2.24) is 9.29 Å². The standard InChI is InChI=1S/C15H20N2O2S/c1-11-15(13-5-3-4-6-14(13)16-11)12-7-9-17(10-8-12)20(2,18)19/h3-6,12,16H,7-10H2,1-2H3. The third-order valence-corrected chi connectivity index (χ3v) is 5.58. The van der Waals surface area contributed by atoms with Gasteiger partial charge >= 0.3 is 0 Å². The summed E-state index contributed by atoms with van der Waals surface area (Å²) in [6.45, 7) is 3.36. The van der Waals surface area contributed by atoms with Crippen molar-refractivity contribution >= 4 is 20.9 Å². The molecule has 1 aromatic carbocycles. The van der Waals surface area contributed by atoms with Gasteiger partial charge in [-0.1, -0.05) is 18.2 Å². The van der Waals surface area contributed by atoms with Crippen LogP contribution in [-0.2, 0) is 10.0 Å². The Kier molecular flexibility index (Phi) is 3.34. The third-order valence-electron chi connectivity index (χ3n) is 4.27. The molecule has 3 rings (SSSR count). The molecule has 0 aliphatic carbocycles. The second-order valence-electron chi connectivity index (χ2n) is 5.65. The van der Waals surface area contributed by atoms with Crippen LogP contribution in [0, 0.1) is 6.92 Å². The van der Waals surface area contributed by atoms with E-state index in [9.17, 15) is 8.42 Å². The van der Waals surface area contributed by atoms with Crippen molar-refractivity contribution in [2.75, 3.05) is 19.3 Å². The summed E-state index contributed by atoms with van der Waals surface area (Å²) in [7, 11) is -3.05. The fourth-order valence-electron chi connectivity index (χ4n) is 3.30. The molecule has 1 fully saturated rings. The van der Waals surface area contributed by atoms with Crippen LogP contribution >= 0.6 is 0 Å². The Balaban J connectivity index is 1.89. The Labute approximate surface area is 119 Å². The summed E-state index contributed by atoms with van der Waals surface area (Å²) in [5, 5.41) is 1.28. The summed E-state index contributed by atoms with van der Waals surface area (Å²) in [4.78, 5) is 3.43. The van der Waals surface area contributed by atoms with Crippen LogP contribution in [0.2, 0.25) is 0 Å². The molecule has 0 atom stereocenters. The number of aryl methyl sites for hydroxylation is 1. The Morgan fingerprint density at radius 2 is 1.85 bits per heavy atom. The van der Waals surface area contributed by atoms with Crippen LogP contribution in [0.5, 0.6) is 0 Å². The van der Waals surface area contributed by atoms with E-state index in [2.05, 4.69) is 30.1 Å². The number of piperidine rings is 1. The molecule has 108 valence electrons. The SMILES string of the molecule is Cc1[nH]c2ccccc2c1C1CCN(S(C)(=O)=O)CC1. The van der Waals surface area contributed by atoms with Gasteiger partial charge in [0, 0.05) is 29.7 Å². The molecule has 0 spiro atoms. The molecule has 20 heavy (non-hydrogen) atoms. The van der Waals surface area contributed by atoms with Crippen molar-refractivity contribution in [2.24, 2.45) is 0 Å². The van der Waals surface area contributed by atoms with E-state index in [1.807, 2.05) is 6.07 Å². The minimum Gasteiger partial charge on any atom is -0.358 e. The Morgan fingerprint density at radius 1 is 1.20 bits per heavy atom. The zero-order valence-electron chi connectivity index (χ0n) is 11.9. The highest BCUT2D eigenvalue weighted by molar-refractivity contribution is 7.88. The lowest BCUT2D eigenvalue weighted by Crippen LogP contribution is -2.37. The fourth-order valence-corrected chi connectivity index (χ4v) is 4.17. The van der Waals surface area contributed by atoms with Gasteiger partial charge in [0.2, 0.25) is 10.0 Å². The largest absolute Gasteiger partial charge is 0.358 e. The van der Waals surface area contributed by atoms with Crippen molar-refractivity contribution in [2.45, 2.75) is 25.7 Å². The van der Waals surface area contributed by atoms with E-state index < -0.39 is 10.0 Å². The van der Waals surface area contributed by atoms with Crippen LogP contribution in [0.3, 0.4) is 0 Å². The van der Waals surface area contributed by atoms with E-state index in [4.69, 9.17) is 0 Å². The van der Waals surface area contributed by atoms with Gasteiger partial charge < -0.3 is 4.98 Å². The van der Waals surface area contributed by atoms with Gasteiger partial charge in [-0.05, 0) is 37.3 Å². The molecule has 4 nitrogen and oxygen atoms in total. The fraction of sp³-hybridized carbons (Fsp3) is 0.467. The van der Waals surface area contributed by atoms with Gasteiger partial charge in [0.1, 0.15) is 0 Å². The topological polar surface area (TPSA) is 53.2 Å². The van der Waals surface area contributed by atoms with Gasteiger partial charge in [-0.15, -0.1) is 0 Å². The molecule has 0 unspecified atom stereocenters. The molecule has 1 aromatic heterocycles. The number of fused-ring (bicyclic) bond motifs is 1. The lowest BCUT2D eigenvalue weighted by atomic mass is 9.88. The molecule has 1 saturated heterocycles. The number of benzene rings is 1. The van der Waals surface area contributed by atoms with E-state index >= 15 is 0 Å². The van der Waals surface area contributed by atoms with Gasteiger partial charge in [-0.2, -0.15) is 0 Å². The van der Waals surface area contributed by atoms with Crippen LogP contribution in [0.1, 0.15) is 30.0 Å². The Morgan fingerprint density at radius 3 is 2.50 bits per heavy atom. The van der Waals surface area contributed by atoms with E-state index in [-0.39, 0.29) is 0 Å². The molecule has 5 heteroatoms. The molecule has 1 N–H and O–H groups in total. The highest BCUT2D eigenvalue weighted by Crippen LogP contribution is 2.35. The lowest BCUT2D eigenvalue weighted by Gasteiger charge is -2.30. The van der Waals surface area contributed by atoms with Gasteiger partial charge in [0.25, 0.3) is 0 Å². The summed E-state index contributed by atoms with van der Waals surface area (Å²) >= 11 is 0. The molecule has 1 aliphatic heterocycles. The number of rotatable bonds is 2. The van der Waals surface area contributed by atoms with Crippen molar-refractivity contribution in [3.05, 3.63) is 35.5 Å². The molecule has 0 radical (unpaired) electrons. The van der Waals surface area contributed by atoms with Crippen LogP contribution < -0.4 is 0 Å². The maximum atomic E-state index is 11.6. The molecule has 2 heterocycles. The van der Waals surface area contributed by atoms with Crippen molar-refractivity contribution in [1.29, 1.82) is 0 Å². The van der Waals surface area contributed by atoms with Gasteiger partial charge in [-0.3, -0.25) is 0 Å². The average molecular weight is 292 g/mol. The molecule has 0 bridgehead atoms. The second kappa shape index (κ2) is 4.90. The molecular formula is C15H20N2O2S. The monoisotopic (exact) mass is 292 g/mol. The highest BCUT2D eigenvalue weighted by atomic mass is 32.2. The minimum absolute atomic E-state index is 0.448. The quantitative estimate of drug-likeness (QED) is 0.925. The van der Waals surface area contributed by atoms with Gasteiger partial charge in [-0.25, -0.2) is 12.7 Å². The summed E-state index contributed by atoms with van der Waals surface area (Å²) in [6.07, 6.45) is 3.09. The molecule has 0 amide bonds. The highest BCUT2D eigenvalue weighted by Gasteiger charge is 2.28. The lowest BCUT2D eigenvalue weighted by molar-refractivity contribution is 0.322. The predicted molar refractivity (Wildman–Crippen MR) is 81.4 cm³/mol. The maximum absolute atomic E-state index is 11.6. The summed E-state index contributed by atoms with van der Waals surface area (Å²) in [5.74, 6) is 0.448.